The maximum atomic E-state index is 2.47. The van der Waals surface area contributed by atoms with Gasteiger partial charge < -0.3 is 0 Å². The molecular weight excluding hydrogens is 411 g/mol. The summed E-state index contributed by atoms with van der Waals surface area (Å²) in [6.07, 6.45) is 25.0. The minimum Gasteiger partial charge on any atom is -0.0776 e. The summed E-state index contributed by atoms with van der Waals surface area (Å²) >= 11 is 0. The zero-order valence-corrected chi connectivity index (χ0v) is 19.8. The van der Waals surface area contributed by atoms with E-state index >= 15 is 0 Å². The Morgan fingerprint density at radius 3 is 0.581 bits per heavy atom. The third-order valence-electron chi connectivity index (χ3n) is 9.75. The Morgan fingerprint density at radius 1 is 0.290 bits per heavy atom. The maximum Gasteiger partial charge on any atom is 0 e. The fourth-order valence-corrected chi connectivity index (χ4v) is 7.69. The Balaban J connectivity index is 0. The Morgan fingerprint density at radius 2 is 0.419 bits per heavy atom. The van der Waals surface area contributed by atoms with Gasteiger partial charge in [0.1, 0.15) is 0 Å². The topological polar surface area (TPSA) is 0 Å². The summed E-state index contributed by atoms with van der Waals surface area (Å²) in [5, 5.41) is 0. The monoisotopic (exact) mass is 473 g/mol. The van der Waals surface area contributed by atoms with Crippen molar-refractivity contribution in [2.45, 2.75) is 146 Å². The van der Waals surface area contributed by atoms with Crippen molar-refractivity contribution in [1.29, 1.82) is 0 Å². The molecule has 1 heteroatoms. The van der Waals surface area contributed by atoms with Gasteiger partial charge in [0.15, 0.2) is 0 Å². The van der Waals surface area contributed by atoms with Gasteiger partial charge in [-0.05, 0) is 124 Å². The van der Waals surface area contributed by atoms with Gasteiger partial charge in [0.05, 0.1) is 0 Å². The van der Waals surface area contributed by atoms with Crippen LogP contribution < -0.4 is 0 Å². The van der Waals surface area contributed by atoms with E-state index in [1.165, 1.54) is 25.7 Å². The van der Waals surface area contributed by atoms with Gasteiger partial charge in [-0.1, -0.05) is 69.2 Å². The van der Waals surface area contributed by atoms with Gasteiger partial charge in [0.25, 0.3) is 0 Å². The first-order chi connectivity index (χ1) is 12.7. The molecule has 187 valence electrons. The van der Waals surface area contributed by atoms with Gasteiger partial charge in [-0.25, -0.2) is 0 Å². The van der Waals surface area contributed by atoms with E-state index in [0.717, 1.165) is 47.3 Å². The summed E-state index contributed by atoms with van der Waals surface area (Å²) in [6.45, 7) is 4.94. The Kier molecular flexibility index (Phi) is 17.7. The predicted octanol–water partition coefficient (Wildman–Crippen LogP) is 10.8. The molecule has 0 atom stereocenters. The van der Waals surface area contributed by atoms with Crippen molar-refractivity contribution in [1.82, 2.24) is 0 Å². The zero-order valence-electron chi connectivity index (χ0n) is 18.4. The van der Waals surface area contributed by atoms with Crippen LogP contribution in [0.2, 0.25) is 0 Å². The Labute approximate surface area is 211 Å². The second-order valence-corrected chi connectivity index (χ2v) is 11.4. The predicted molar refractivity (Wildman–Crippen MR) is 140 cm³/mol. The van der Waals surface area contributed by atoms with Crippen molar-refractivity contribution in [2.75, 3.05) is 0 Å². The van der Waals surface area contributed by atoms with Gasteiger partial charge in [0.2, 0.25) is 0 Å². The molecule has 0 aromatic heterocycles. The molecule has 0 aromatic rings. The molecule has 0 amide bonds. The quantitative estimate of drug-likeness (QED) is 0.382. The van der Waals surface area contributed by atoms with Crippen LogP contribution in [0.15, 0.2) is 0 Å². The van der Waals surface area contributed by atoms with Gasteiger partial charge in [-0.15, -0.1) is 0 Å². The average Bonchev–Trinajstić information content (AvgIpc) is 2.70. The van der Waals surface area contributed by atoms with Gasteiger partial charge in [-0.3, -0.25) is 0 Å². The molecule has 4 aliphatic carbocycles. The minimum absolute atomic E-state index is 0. The Hall–Kier alpha value is 0.584. The molecule has 4 rings (SSSR count). The van der Waals surface area contributed by atoms with Crippen LogP contribution in [-0.2, 0) is 18.6 Å². The SMILES string of the molecule is C.C.C.C.CC1CCC(C2CCC(C3CCC(C4CCC(C)CC4)CC3)CC2)CC1.[V]. The van der Waals surface area contributed by atoms with E-state index in [-0.39, 0.29) is 48.3 Å². The van der Waals surface area contributed by atoms with Gasteiger partial charge in [-0.2, -0.15) is 0 Å². The standard InChI is InChI=1S/C26H46.4CH4.V/c1-19-3-7-21(8-4-19)23-11-15-25(16-12-23)26-17-13-24(14-18-26)22-9-5-20(2)6-10-22;;;;;/h19-26H,3-18H2,1-2H3;4*1H4;. The first-order valence-corrected chi connectivity index (χ1v) is 12.7. The summed E-state index contributed by atoms with van der Waals surface area (Å²) in [7, 11) is 0. The molecule has 0 aliphatic heterocycles. The van der Waals surface area contributed by atoms with Crippen LogP contribution in [0.1, 0.15) is 146 Å². The summed E-state index contributed by atoms with van der Waals surface area (Å²) in [5.41, 5.74) is 0. The van der Waals surface area contributed by atoms with Gasteiger partial charge in [0, 0.05) is 18.6 Å². The third-order valence-corrected chi connectivity index (χ3v) is 9.75. The van der Waals surface area contributed by atoms with E-state index in [0.29, 0.717) is 0 Å². The molecule has 0 heterocycles. The van der Waals surface area contributed by atoms with Crippen molar-refractivity contribution < 1.29 is 18.6 Å². The van der Waals surface area contributed by atoms with Crippen LogP contribution in [0.25, 0.3) is 0 Å². The van der Waals surface area contributed by atoms with Crippen molar-refractivity contribution in [3.8, 4) is 0 Å². The summed E-state index contributed by atoms with van der Waals surface area (Å²) < 4.78 is 0. The van der Waals surface area contributed by atoms with E-state index in [2.05, 4.69) is 13.8 Å². The molecular formula is C30H62V. The van der Waals surface area contributed by atoms with Crippen molar-refractivity contribution in [3.63, 3.8) is 0 Å². The van der Waals surface area contributed by atoms with E-state index in [1.54, 1.807) is 77.0 Å². The average molecular weight is 474 g/mol. The number of rotatable bonds is 3. The van der Waals surface area contributed by atoms with Crippen molar-refractivity contribution in [2.24, 2.45) is 47.3 Å². The molecule has 0 unspecified atom stereocenters. The Bertz CT molecular complexity index is 360. The first kappa shape index (κ1) is 33.8. The summed E-state index contributed by atoms with van der Waals surface area (Å²) in [6, 6.07) is 0. The zero-order chi connectivity index (χ0) is 17.9. The molecule has 4 fully saturated rings. The van der Waals surface area contributed by atoms with Crippen LogP contribution in [-0.4, -0.2) is 0 Å². The van der Waals surface area contributed by atoms with Crippen LogP contribution in [0.4, 0.5) is 0 Å². The van der Waals surface area contributed by atoms with E-state index < -0.39 is 0 Å². The normalized spacial score (nSPS) is 40.5. The molecule has 0 N–H and O–H groups in total. The number of hydrogen-bond acceptors (Lipinski definition) is 0. The molecule has 0 spiro atoms. The van der Waals surface area contributed by atoms with Crippen LogP contribution in [0, 0.1) is 47.3 Å². The smallest absolute Gasteiger partial charge is 0 e. The van der Waals surface area contributed by atoms with Crippen molar-refractivity contribution in [3.05, 3.63) is 0 Å². The second-order valence-electron chi connectivity index (χ2n) is 11.4. The fourth-order valence-electron chi connectivity index (χ4n) is 7.69. The fraction of sp³-hybridized carbons (Fsp3) is 1.00. The molecule has 0 bridgehead atoms. The molecule has 31 heavy (non-hydrogen) atoms. The van der Waals surface area contributed by atoms with E-state index in [1.807, 2.05) is 0 Å². The first-order valence-electron chi connectivity index (χ1n) is 12.7. The molecule has 1 radical (unpaired) electrons. The summed E-state index contributed by atoms with van der Waals surface area (Å²) in [5.74, 6) is 8.70. The molecule has 4 saturated carbocycles. The van der Waals surface area contributed by atoms with Crippen molar-refractivity contribution >= 4 is 0 Å². The molecule has 4 aliphatic rings. The minimum atomic E-state index is 0. The van der Waals surface area contributed by atoms with Crippen LogP contribution in [0.5, 0.6) is 0 Å². The van der Waals surface area contributed by atoms with E-state index in [4.69, 9.17) is 0 Å². The van der Waals surface area contributed by atoms with Crippen LogP contribution in [0.3, 0.4) is 0 Å². The van der Waals surface area contributed by atoms with Gasteiger partial charge >= 0.3 is 0 Å². The second kappa shape index (κ2) is 16.3. The third kappa shape index (κ3) is 9.04. The maximum absolute atomic E-state index is 2.47. The summed E-state index contributed by atoms with van der Waals surface area (Å²) in [4.78, 5) is 0. The molecule has 0 aromatic carbocycles. The molecule has 0 saturated heterocycles. The number of hydrogen-bond donors (Lipinski definition) is 0. The molecule has 0 nitrogen and oxygen atoms in total. The van der Waals surface area contributed by atoms with E-state index in [9.17, 15) is 0 Å². The largest absolute Gasteiger partial charge is 0.0776 e. The van der Waals surface area contributed by atoms with Crippen LogP contribution >= 0.6 is 0 Å².